The first kappa shape index (κ1) is 21.8. The molecular formula is C28H29NO3. The zero-order valence-electron chi connectivity index (χ0n) is 19.2. The van der Waals surface area contributed by atoms with Crippen molar-refractivity contribution >= 4 is 11.8 Å². The third-order valence-corrected chi connectivity index (χ3v) is 6.27. The first-order valence-corrected chi connectivity index (χ1v) is 11.1. The average molecular weight is 428 g/mol. The lowest BCUT2D eigenvalue weighted by Crippen LogP contribution is -2.30. The van der Waals surface area contributed by atoms with Crippen molar-refractivity contribution < 1.29 is 14.3 Å². The van der Waals surface area contributed by atoms with Crippen LogP contribution in [0.2, 0.25) is 0 Å². The molecule has 0 spiro atoms. The van der Waals surface area contributed by atoms with Crippen molar-refractivity contribution in [1.82, 2.24) is 4.90 Å². The highest BCUT2D eigenvalue weighted by Crippen LogP contribution is 2.37. The van der Waals surface area contributed by atoms with E-state index in [0.29, 0.717) is 30.7 Å². The Morgan fingerprint density at radius 2 is 1.28 bits per heavy atom. The Labute approximate surface area is 189 Å². The summed E-state index contributed by atoms with van der Waals surface area (Å²) in [4.78, 5) is 26.3. The second-order valence-electron chi connectivity index (χ2n) is 8.51. The molecule has 0 saturated heterocycles. The van der Waals surface area contributed by atoms with Crippen molar-refractivity contribution in [1.29, 1.82) is 0 Å². The highest BCUT2D eigenvalue weighted by molar-refractivity contribution is 6.21. The van der Waals surface area contributed by atoms with E-state index in [1.165, 1.54) is 32.7 Å². The van der Waals surface area contributed by atoms with Gasteiger partial charge >= 0.3 is 0 Å². The lowest BCUT2D eigenvalue weighted by atomic mass is 9.89. The van der Waals surface area contributed by atoms with Crippen LogP contribution in [0.15, 0.2) is 54.6 Å². The number of carbonyl (C=O) groups is 2. The predicted molar refractivity (Wildman–Crippen MR) is 127 cm³/mol. The number of benzene rings is 3. The minimum Gasteiger partial charge on any atom is -0.493 e. The van der Waals surface area contributed by atoms with Crippen LogP contribution >= 0.6 is 0 Å². The van der Waals surface area contributed by atoms with Crippen LogP contribution in [0.25, 0.3) is 11.1 Å². The SMILES string of the molecule is Cc1cccc(C)c1-c1c(C)ccc(OCCCCN2C(=O)c3ccccc3C2=O)c1C. The van der Waals surface area contributed by atoms with E-state index >= 15 is 0 Å². The van der Waals surface area contributed by atoms with Crippen LogP contribution in [-0.2, 0) is 0 Å². The van der Waals surface area contributed by atoms with Gasteiger partial charge in [-0.2, -0.15) is 0 Å². The van der Waals surface area contributed by atoms with Crippen LogP contribution in [-0.4, -0.2) is 29.9 Å². The molecule has 1 aliphatic heterocycles. The molecule has 164 valence electrons. The molecule has 3 aromatic carbocycles. The zero-order valence-corrected chi connectivity index (χ0v) is 19.2. The molecule has 0 radical (unpaired) electrons. The van der Waals surface area contributed by atoms with Gasteiger partial charge in [0.05, 0.1) is 17.7 Å². The first-order chi connectivity index (χ1) is 15.4. The van der Waals surface area contributed by atoms with Crippen LogP contribution in [0.5, 0.6) is 5.75 Å². The van der Waals surface area contributed by atoms with Gasteiger partial charge in [-0.3, -0.25) is 14.5 Å². The molecular weight excluding hydrogens is 398 g/mol. The summed E-state index contributed by atoms with van der Waals surface area (Å²) >= 11 is 0. The number of carbonyl (C=O) groups excluding carboxylic acids is 2. The number of hydrogen-bond acceptors (Lipinski definition) is 3. The van der Waals surface area contributed by atoms with Gasteiger partial charge in [0, 0.05) is 6.54 Å². The molecule has 1 heterocycles. The molecule has 0 saturated carbocycles. The van der Waals surface area contributed by atoms with Gasteiger partial charge in [-0.05, 0) is 92.1 Å². The number of rotatable bonds is 7. The summed E-state index contributed by atoms with van der Waals surface area (Å²) in [6, 6.07) is 17.5. The van der Waals surface area contributed by atoms with Gasteiger partial charge in [0.2, 0.25) is 0 Å². The van der Waals surface area contributed by atoms with E-state index in [-0.39, 0.29) is 11.8 Å². The Kier molecular flexibility index (Phi) is 6.13. The Bertz CT molecular complexity index is 1140. The Hall–Kier alpha value is -3.40. The van der Waals surface area contributed by atoms with Gasteiger partial charge in [0.25, 0.3) is 11.8 Å². The smallest absolute Gasteiger partial charge is 0.261 e. The van der Waals surface area contributed by atoms with Gasteiger partial charge in [-0.25, -0.2) is 0 Å². The van der Waals surface area contributed by atoms with Crippen LogP contribution in [0.3, 0.4) is 0 Å². The van der Waals surface area contributed by atoms with Gasteiger partial charge in [0.1, 0.15) is 5.75 Å². The number of aryl methyl sites for hydroxylation is 3. The minimum absolute atomic E-state index is 0.195. The summed E-state index contributed by atoms with van der Waals surface area (Å²) in [5, 5.41) is 0. The van der Waals surface area contributed by atoms with Crippen molar-refractivity contribution in [2.24, 2.45) is 0 Å². The molecule has 4 heteroatoms. The van der Waals surface area contributed by atoms with Gasteiger partial charge in [0.15, 0.2) is 0 Å². The lowest BCUT2D eigenvalue weighted by molar-refractivity contribution is 0.0649. The Balaban J connectivity index is 1.39. The van der Waals surface area contributed by atoms with Gasteiger partial charge in [-0.15, -0.1) is 0 Å². The number of unbranched alkanes of at least 4 members (excludes halogenated alkanes) is 1. The monoisotopic (exact) mass is 427 g/mol. The standard InChI is InChI=1S/C28H29NO3/c1-18-10-9-11-19(2)25(18)26-20(3)14-15-24(21(26)4)32-17-8-7-16-29-27(30)22-12-5-6-13-23(22)28(29)31/h5-6,9-15H,7-8,16-17H2,1-4H3. The minimum atomic E-state index is -0.195. The Morgan fingerprint density at radius 3 is 1.91 bits per heavy atom. The average Bonchev–Trinajstić information content (AvgIpc) is 3.02. The number of imide groups is 1. The summed E-state index contributed by atoms with van der Waals surface area (Å²) in [5.74, 6) is 0.493. The van der Waals surface area contributed by atoms with Gasteiger partial charge in [-0.1, -0.05) is 36.4 Å². The number of fused-ring (bicyclic) bond motifs is 1. The highest BCUT2D eigenvalue weighted by atomic mass is 16.5. The number of hydrogen-bond donors (Lipinski definition) is 0. The van der Waals surface area contributed by atoms with E-state index in [0.717, 1.165) is 17.7 Å². The fraction of sp³-hybridized carbons (Fsp3) is 0.286. The molecule has 2 amide bonds. The molecule has 4 nitrogen and oxygen atoms in total. The van der Waals surface area contributed by atoms with E-state index in [9.17, 15) is 9.59 Å². The molecule has 0 N–H and O–H groups in total. The fourth-order valence-electron chi connectivity index (χ4n) is 4.57. The normalized spacial score (nSPS) is 12.9. The largest absolute Gasteiger partial charge is 0.493 e. The maximum atomic E-state index is 12.5. The zero-order chi connectivity index (χ0) is 22.8. The predicted octanol–water partition coefficient (Wildman–Crippen LogP) is 6.04. The Morgan fingerprint density at radius 1 is 0.688 bits per heavy atom. The maximum absolute atomic E-state index is 12.5. The van der Waals surface area contributed by atoms with Crippen molar-refractivity contribution in [2.75, 3.05) is 13.2 Å². The van der Waals surface area contributed by atoms with E-state index in [1.807, 2.05) is 6.07 Å². The molecule has 0 fully saturated rings. The third kappa shape index (κ3) is 3.93. The van der Waals surface area contributed by atoms with Crippen molar-refractivity contribution in [3.8, 4) is 16.9 Å². The van der Waals surface area contributed by atoms with Crippen LogP contribution < -0.4 is 4.74 Å². The van der Waals surface area contributed by atoms with Gasteiger partial charge < -0.3 is 4.74 Å². The molecule has 0 aliphatic carbocycles. The fourth-order valence-corrected chi connectivity index (χ4v) is 4.57. The quantitative estimate of drug-likeness (QED) is 0.341. The van der Waals surface area contributed by atoms with E-state index in [4.69, 9.17) is 4.74 Å². The molecule has 0 atom stereocenters. The maximum Gasteiger partial charge on any atom is 0.261 e. The van der Waals surface area contributed by atoms with Crippen LogP contribution in [0, 0.1) is 27.7 Å². The number of amides is 2. The molecule has 0 unspecified atom stereocenters. The lowest BCUT2D eigenvalue weighted by Gasteiger charge is -2.19. The summed E-state index contributed by atoms with van der Waals surface area (Å²) in [5.41, 5.74) is 8.41. The number of ether oxygens (including phenoxy) is 1. The summed E-state index contributed by atoms with van der Waals surface area (Å²) in [6.07, 6.45) is 1.47. The van der Waals surface area contributed by atoms with E-state index in [2.05, 4.69) is 52.0 Å². The second kappa shape index (κ2) is 8.99. The highest BCUT2D eigenvalue weighted by Gasteiger charge is 2.34. The second-order valence-corrected chi connectivity index (χ2v) is 8.51. The first-order valence-electron chi connectivity index (χ1n) is 11.1. The topological polar surface area (TPSA) is 46.6 Å². The summed E-state index contributed by atoms with van der Waals surface area (Å²) in [7, 11) is 0. The molecule has 0 bridgehead atoms. The van der Waals surface area contributed by atoms with E-state index < -0.39 is 0 Å². The van der Waals surface area contributed by atoms with E-state index in [1.54, 1.807) is 24.3 Å². The van der Waals surface area contributed by atoms with Crippen molar-refractivity contribution in [2.45, 2.75) is 40.5 Å². The van der Waals surface area contributed by atoms with Crippen LogP contribution in [0.1, 0.15) is 55.8 Å². The molecule has 4 rings (SSSR count). The number of nitrogens with zero attached hydrogens (tertiary/aromatic N) is 1. The summed E-state index contributed by atoms with van der Waals surface area (Å²) < 4.78 is 6.13. The molecule has 3 aromatic rings. The van der Waals surface area contributed by atoms with Crippen LogP contribution in [0.4, 0.5) is 0 Å². The van der Waals surface area contributed by atoms with Crippen molar-refractivity contribution in [3.63, 3.8) is 0 Å². The summed E-state index contributed by atoms with van der Waals surface area (Å²) in [6.45, 7) is 9.50. The molecule has 0 aromatic heterocycles. The molecule has 32 heavy (non-hydrogen) atoms. The third-order valence-electron chi connectivity index (χ3n) is 6.27. The molecule has 1 aliphatic rings. The van der Waals surface area contributed by atoms with Crippen molar-refractivity contribution in [3.05, 3.63) is 88.0 Å².